The summed E-state index contributed by atoms with van der Waals surface area (Å²) in [5.41, 5.74) is 2.93. The number of hydrogen-bond acceptors (Lipinski definition) is 4. The van der Waals surface area contributed by atoms with E-state index in [1.807, 2.05) is 32.0 Å². The van der Waals surface area contributed by atoms with Gasteiger partial charge in [0.25, 0.3) is 0 Å². The van der Waals surface area contributed by atoms with Crippen LogP contribution in [-0.2, 0) is 0 Å². The molecule has 1 N–H and O–H groups in total. The summed E-state index contributed by atoms with van der Waals surface area (Å²) < 4.78 is 2.31. The van der Waals surface area contributed by atoms with E-state index in [1.54, 1.807) is 10.6 Å². The summed E-state index contributed by atoms with van der Waals surface area (Å²) in [6, 6.07) is 7.46. The first-order valence-electron chi connectivity index (χ1n) is 5.93. The van der Waals surface area contributed by atoms with Crippen molar-refractivity contribution in [3.05, 3.63) is 49.9 Å². The molecule has 0 unspecified atom stereocenters. The van der Waals surface area contributed by atoms with Crippen molar-refractivity contribution in [2.45, 2.75) is 13.8 Å². The molecule has 2 aromatic heterocycles. The topological polar surface area (TPSA) is 59.3 Å². The quantitative estimate of drug-likeness (QED) is 0.789. The van der Waals surface area contributed by atoms with Crippen LogP contribution in [-0.4, -0.2) is 15.6 Å². The first kappa shape index (κ1) is 13.1. The second kappa shape index (κ2) is 4.57. The van der Waals surface area contributed by atoms with Crippen LogP contribution in [0.5, 0.6) is 0 Å². The summed E-state index contributed by atoms with van der Waals surface area (Å²) in [4.78, 5) is 24.0. The molecule has 0 fully saturated rings. The van der Waals surface area contributed by atoms with Gasteiger partial charge in [-0.3, -0.25) is 9.36 Å². The molecule has 6 heteroatoms. The molecule has 3 aromatic rings. The smallest absolute Gasteiger partial charge is 0.345 e. The van der Waals surface area contributed by atoms with Crippen LogP contribution < -0.4 is 4.87 Å². The van der Waals surface area contributed by atoms with Gasteiger partial charge in [-0.15, -0.1) is 11.3 Å². The second-order valence-corrected chi connectivity index (χ2v) is 6.66. The number of carboxylic acid groups (broad SMARTS) is 1. The highest BCUT2D eigenvalue weighted by atomic mass is 32.1. The van der Waals surface area contributed by atoms with Crippen LogP contribution in [0.25, 0.3) is 15.2 Å². The number of aryl methyl sites for hydroxylation is 2. The third-order valence-corrected chi connectivity index (χ3v) is 5.06. The average Bonchev–Trinajstić information content (AvgIpc) is 2.83. The molecule has 0 bridgehead atoms. The molecule has 0 aliphatic carbocycles. The highest BCUT2D eigenvalue weighted by molar-refractivity contribution is 7.27. The number of rotatable bonds is 2. The maximum Gasteiger partial charge on any atom is 0.345 e. The van der Waals surface area contributed by atoms with Crippen LogP contribution in [0.1, 0.15) is 20.8 Å². The van der Waals surface area contributed by atoms with Crippen molar-refractivity contribution in [2.75, 3.05) is 0 Å². The molecule has 4 nitrogen and oxygen atoms in total. The fourth-order valence-electron chi connectivity index (χ4n) is 2.22. The fourth-order valence-corrected chi connectivity index (χ4v) is 4.35. The number of hydrogen-bond donors (Lipinski definition) is 1. The second-order valence-electron chi connectivity index (χ2n) is 4.63. The maximum absolute atomic E-state index is 12.1. The Bertz CT molecular complexity index is 865. The van der Waals surface area contributed by atoms with Crippen molar-refractivity contribution in [3.8, 4) is 5.69 Å². The lowest BCUT2D eigenvalue weighted by Gasteiger charge is -2.05. The Kier molecular flexibility index (Phi) is 2.99. The number of carboxylic acids is 1. The van der Waals surface area contributed by atoms with Gasteiger partial charge in [0.2, 0.25) is 0 Å². The van der Waals surface area contributed by atoms with Crippen LogP contribution in [0, 0.1) is 13.8 Å². The van der Waals surface area contributed by atoms with E-state index < -0.39 is 5.97 Å². The number of nitrogens with zero attached hydrogens (tertiary/aromatic N) is 1. The van der Waals surface area contributed by atoms with Crippen molar-refractivity contribution < 1.29 is 9.90 Å². The van der Waals surface area contributed by atoms with E-state index in [0.717, 1.165) is 44.2 Å². The van der Waals surface area contributed by atoms with E-state index in [0.29, 0.717) is 4.83 Å². The zero-order valence-corrected chi connectivity index (χ0v) is 12.5. The van der Waals surface area contributed by atoms with Gasteiger partial charge in [0.05, 0.1) is 10.4 Å². The molecular formula is C14H11NO3S2. The molecule has 0 aliphatic rings. The molecular weight excluding hydrogens is 294 g/mol. The van der Waals surface area contributed by atoms with Gasteiger partial charge in [0.15, 0.2) is 0 Å². The molecule has 0 atom stereocenters. The molecule has 0 saturated carbocycles. The molecule has 3 rings (SSSR count). The highest BCUT2D eigenvalue weighted by Crippen LogP contribution is 2.30. The Hall–Kier alpha value is -1.92. The predicted molar refractivity (Wildman–Crippen MR) is 81.7 cm³/mol. The van der Waals surface area contributed by atoms with E-state index in [1.165, 1.54) is 0 Å². The third-order valence-electron chi connectivity index (χ3n) is 2.94. The molecule has 102 valence electrons. The summed E-state index contributed by atoms with van der Waals surface area (Å²) in [6.45, 7) is 3.95. The Morgan fingerprint density at radius 2 is 1.75 bits per heavy atom. The normalized spacial score (nSPS) is 11.1. The van der Waals surface area contributed by atoms with Gasteiger partial charge in [-0.05, 0) is 43.2 Å². The minimum atomic E-state index is -0.960. The summed E-state index contributed by atoms with van der Waals surface area (Å²) in [6.07, 6.45) is 0. The first-order chi connectivity index (χ1) is 9.45. The Morgan fingerprint density at radius 1 is 1.10 bits per heavy atom. The molecule has 20 heavy (non-hydrogen) atoms. The van der Waals surface area contributed by atoms with E-state index in [2.05, 4.69) is 0 Å². The van der Waals surface area contributed by atoms with Crippen molar-refractivity contribution in [2.24, 2.45) is 0 Å². The molecule has 0 radical (unpaired) electrons. The Labute approximate surface area is 122 Å². The zero-order valence-electron chi connectivity index (χ0n) is 10.8. The van der Waals surface area contributed by atoms with E-state index in [-0.39, 0.29) is 9.75 Å². The monoisotopic (exact) mass is 305 g/mol. The first-order valence-corrected chi connectivity index (χ1v) is 7.56. The van der Waals surface area contributed by atoms with Crippen molar-refractivity contribution >= 4 is 38.2 Å². The van der Waals surface area contributed by atoms with Crippen LogP contribution in [0.4, 0.5) is 0 Å². The van der Waals surface area contributed by atoms with Gasteiger partial charge in [-0.25, -0.2) is 4.79 Å². The summed E-state index contributed by atoms with van der Waals surface area (Å²) in [7, 11) is 0. The number of thiazole rings is 1. The molecule has 0 spiro atoms. The number of carbonyl (C=O) groups is 1. The number of fused-ring (bicyclic) bond motifs is 1. The molecule has 2 heterocycles. The van der Waals surface area contributed by atoms with Crippen LogP contribution in [0.2, 0.25) is 0 Å². The molecule has 0 saturated heterocycles. The lowest BCUT2D eigenvalue weighted by Crippen LogP contribution is -2.10. The van der Waals surface area contributed by atoms with Crippen molar-refractivity contribution in [3.63, 3.8) is 0 Å². The van der Waals surface area contributed by atoms with E-state index in [9.17, 15) is 9.59 Å². The SMILES string of the molecule is Cc1cc(C)cc(-n2c(=O)sc3cc(C(=O)O)sc32)c1. The lowest BCUT2D eigenvalue weighted by molar-refractivity contribution is 0.0702. The molecule has 0 aliphatic heterocycles. The van der Waals surface area contributed by atoms with Gasteiger partial charge < -0.3 is 5.11 Å². The summed E-state index contributed by atoms with van der Waals surface area (Å²) in [5, 5.41) is 9.05. The molecule has 0 amide bonds. The van der Waals surface area contributed by atoms with Gasteiger partial charge in [-0.2, -0.15) is 0 Å². The number of aromatic nitrogens is 1. The predicted octanol–water partition coefficient (Wildman–Crippen LogP) is 3.43. The van der Waals surface area contributed by atoms with E-state index in [4.69, 9.17) is 5.11 Å². The average molecular weight is 305 g/mol. The standard InChI is InChI=1S/C14H11NO3S2/c1-7-3-8(2)5-9(4-7)15-12-10(20-14(15)18)6-11(19-12)13(16)17/h3-6H,1-2H3,(H,16,17). The van der Waals surface area contributed by atoms with Crippen molar-refractivity contribution in [1.82, 2.24) is 4.57 Å². The number of benzene rings is 1. The van der Waals surface area contributed by atoms with Gasteiger partial charge >= 0.3 is 10.8 Å². The maximum atomic E-state index is 12.1. The van der Waals surface area contributed by atoms with Gasteiger partial charge in [-0.1, -0.05) is 17.4 Å². The van der Waals surface area contributed by atoms with Crippen LogP contribution in [0.15, 0.2) is 29.1 Å². The fraction of sp³-hybridized carbons (Fsp3) is 0.143. The van der Waals surface area contributed by atoms with E-state index >= 15 is 0 Å². The van der Waals surface area contributed by atoms with Crippen LogP contribution >= 0.6 is 22.7 Å². The molecule has 1 aromatic carbocycles. The Balaban J connectivity index is 2.31. The summed E-state index contributed by atoms with van der Waals surface area (Å²) >= 11 is 2.21. The van der Waals surface area contributed by atoms with Gasteiger partial charge in [0.1, 0.15) is 9.71 Å². The Morgan fingerprint density at radius 3 is 2.35 bits per heavy atom. The lowest BCUT2D eigenvalue weighted by atomic mass is 10.1. The van der Waals surface area contributed by atoms with Crippen molar-refractivity contribution in [1.29, 1.82) is 0 Å². The zero-order chi connectivity index (χ0) is 14.4. The van der Waals surface area contributed by atoms with Gasteiger partial charge in [0, 0.05) is 0 Å². The number of thiophene rings is 1. The minimum absolute atomic E-state index is 0.0896. The van der Waals surface area contributed by atoms with Crippen LogP contribution in [0.3, 0.4) is 0 Å². The number of aromatic carboxylic acids is 1. The minimum Gasteiger partial charge on any atom is -0.477 e. The largest absolute Gasteiger partial charge is 0.477 e. The highest BCUT2D eigenvalue weighted by Gasteiger charge is 2.16. The third kappa shape index (κ3) is 2.07. The summed E-state index contributed by atoms with van der Waals surface area (Å²) in [5.74, 6) is -0.960.